The van der Waals surface area contributed by atoms with Gasteiger partial charge in [-0.15, -0.1) is 0 Å². The number of ether oxygens (including phenoxy) is 1. The normalized spacial score (nSPS) is 14.8. The Kier molecular flexibility index (Phi) is 4.19. The molecule has 0 spiro atoms. The summed E-state index contributed by atoms with van der Waals surface area (Å²) in [5.74, 6) is 0.0904. The van der Waals surface area contributed by atoms with E-state index in [1.54, 1.807) is 4.52 Å². The van der Waals surface area contributed by atoms with Crippen molar-refractivity contribution in [3.05, 3.63) is 53.9 Å². The second kappa shape index (κ2) is 6.64. The first-order valence-electron chi connectivity index (χ1n) is 8.48. The minimum Gasteiger partial charge on any atom is -0.378 e. The van der Waals surface area contributed by atoms with Crippen molar-refractivity contribution in [2.45, 2.75) is 13.3 Å². The molecule has 4 rings (SSSR count). The van der Waals surface area contributed by atoms with Crippen LogP contribution in [0.25, 0.3) is 16.9 Å². The van der Waals surface area contributed by atoms with Gasteiger partial charge in [0, 0.05) is 30.4 Å². The number of fused-ring (bicyclic) bond motifs is 1. The second-order valence-electron chi connectivity index (χ2n) is 6.22. The summed E-state index contributed by atoms with van der Waals surface area (Å²) in [5, 5.41) is 4.56. The van der Waals surface area contributed by atoms with Gasteiger partial charge in [0.05, 0.1) is 31.0 Å². The Morgan fingerprint density at radius 1 is 1.16 bits per heavy atom. The van der Waals surface area contributed by atoms with E-state index in [4.69, 9.17) is 9.72 Å². The minimum absolute atomic E-state index is 0.0904. The van der Waals surface area contributed by atoms with Crippen LogP contribution < -0.4 is 0 Å². The molecule has 25 heavy (non-hydrogen) atoms. The molecule has 0 bridgehead atoms. The maximum absolute atomic E-state index is 12.4. The fourth-order valence-electron chi connectivity index (χ4n) is 3.10. The van der Waals surface area contributed by atoms with Gasteiger partial charge in [0.15, 0.2) is 5.65 Å². The average molecular weight is 336 g/mol. The summed E-state index contributed by atoms with van der Waals surface area (Å²) < 4.78 is 7.10. The number of nitrogens with zero attached hydrogens (tertiary/aromatic N) is 4. The van der Waals surface area contributed by atoms with Gasteiger partial charge in [-0.2, -0.15) is 5.10 Å². The first-order chi connectivity index (χ1) is 12.2. The number of carbonyl (C=O) groups is 1. The molecule has 6 nitrogen and oxygen atoms in total. The summed E-state index contributed by atoms with van der Waals surface area (Å²) in [6, 6.07) is 14.0. The van der Waals surface area contributed by atoms with Crippen molar-refractivity contribution in [2.24, 2.45) is 0 Å². The highest BCUT2D eigenvalue weighted by Gasteiger charge is 2.19. The quantitative estimate of drug-likeness (QED) is 0.735. The summed E-state index contributed by atoms with van der Waals surface area (Å²) in [5.41, 5.74) is 4.49. The Balaban J connectivity index is 1.61. The first-order valence-corrected chi connectivity index (χ1v) is 8.48. The number of morpholine rings is 1. The molecule has 128 valence electrons. The Morgan fingerprint density at radius 2 is 1.92 bits per heavy atom. The molecule has 0 saturated carbocycles. The number of hydrogen-bond acceptors (Lipinski definition) is 4. The van der Waals surface area contributed by atoms with E-state index in [0.29, 0.717) is 32.7 Å². The molecule has 0 unspecified atom stereocenters. The fraction of sp³-hybridized carbons (Fsp3) is 0.316. The number of aryl methyl sites for hydroxylation is 1. The number of aromatic nitrogens is 3. The van der Waals surface area contributed by atoms with E-state index < -0.39 is 0 Å². The molecule has 3 aromatic rings. The lowest BCUT2D eigenvalue weighted by atomic mass is 10.1. The van der Waals surface area contributed by atoms with Crippen molar-refractivity contribution in [3.8, 4) is 11.3 Å². The smallest absolute Gasteiger partial charge is 0.228 e. The van der Waals surface area contributed by atoms with Crippen LogP contribution in [0, 0.1) is 6.92 Å². The highest BCUT2D eigenvalue weighted by molar-refractivity contribution is 5.78. The third-order valence-corrected chi connectivity index (χ3v) is 4.42. The zero-order valence-electron chi connectivity index (χ0n) is 14.2. The van der Waals surface area contributed by atoms with Gasteiger partial charge in [-0.05, 0) is 13.0 Å². The van der Waals surface area contributed by atoms with Crippen LogP contribution in [0.3, 0.4) is 0 Å². The molecule has 2 aromatic heterocycles. The number of benzene rings is 1. The van der Waals surface area contributed by atoms with E-state index in [2.05, 4.69) is 5.10 Å². The molecule has 1 saturated heterocycles. The molecule has 0 radical (unpaired) electrons. The summed E-state index contributed by atoms with van der Waals surface area (Å²) in [4.78, 5) is 19.0. The monoisotopic (exact) mass is 336 g/mol. The zero-order valence-corrected chi connectivity index (χ0v) is 14.2. The maximum atomic E-state index is 12.4. The summed E-state index contributed by atoms with van der Waals surface area (Å²) >= 11 is 0. The second-order valence-corrected chi connectivity index (χ2v) is 6.22. The molecule has 1 aromatic carbocycles. The predicted molar refractivity (Wildman–Crippen MR) is 94.3 cm³/mol. The van der Waals surface area contributed by atoms with Gasteiger partial charge in [0.25, 0.3) is 0 Å². The highest BCUT2D eigenvalue weighted by Crippen LogP contribution is 2.20. The van der Waals surface area contributed by atoms with Crippen LogP contribution in [0.2, 0.25) is 0 Å². The molecule has 6 heteroatoms. The Labute approximate surface area is 146 Å². The van der Waals surface area contributed by atoms with Gasteiger partial charge >= 0.3 is 0 Å². The number of carbonyl (C=O) groups excluding carboxylic acids is 1. The Hall–Kier alpha value is -2.73. The Morgan fingerprint density at radius 3 is 2.68 bits per heavy atom. The lowest BCUT2D eigenvalue weighted by Gasteiger charge is -2.26. The molecule has 0 N–H and O–H groups in total. The van der Waals surface area contributed by atoms with Crippen LogP contribution in [-0.4, -0.2) is 51.7 Å². The van der Waals surface area contributed by atoms with Gasteiger partial charge in [-0.1, -0.05) is 30.3 Å². The average Bonchev–Trinajstić information content (AvgIpc) is 3.06. The van der Waals surface area contributed by atoms with Gasteiger partial charge < -0.3 is 9.64 Å². The standard InChI is InChI=1S/C19H20N4O2/c1-14-11-17(15-5-3-2-4-6-15)20-18-12-16(21-23(14)18)13-19(24)22-7-9-25-10-8-22/h2-6,11-12H,7-10,13H2,1H3. The van der Waals surface area contributed by atoms with E-state index in [9.17, 15) is 4.79 Å². The summed E-state index contributed by atoms with van der Waals surface area (Å²) in [6.07, 6.45) is 0.295. The minimum atomic E-state index is 0.0904. The first kappa shape index (κ1) is 15.8. The van der Waals surface area contributed by atoms with E-state index >= 15 is 0 Å². The van der Waals surface area contributed by atoms with Crippen molar-refractivity contribution in [1.29, 1.82) is 0 Å². The molecule has 0 atom stereocenters. The van der Waals surface area contributed by atoms with Gasteiger partial charge in [-0.25, -0.2) is 9.50 Å². The Bertz CT molecular complexity index is 898. The topological polar surface area (TPSA) is 59.7 Å². The molecule has 3 heterocycles. The van der Waals surface area contributed by atoms with Crippen molar-refractivity contribution >= 4 is 11.6 Å². The zero-order chi connectivity index (χ0) is 17.2. The molecular formula is C19H20N4O2. The van der Waals surface area contributed by atoms with Gasteiger partial charge in [0.2, 0.25) is 5.91 Å². The number of amides is 1. The lowest BCUT2D eigenvalue weighted by Crippen LogP contribution is -2.41. The van der Waals surface area contributed by atoms with Gasteiger partial charge in [0.1, 0.15) is 0 Å². The van der Waals surface area contributed by atoms with Gasteiger partial charge in [-0.3, -0.25) is 4.79 Å². The highest BCUT2D eigenvalue weighted by atomic mass is 16.5. The molecule has 0 aliphatic carbocycles. The molecule has 1 aliphatic rings. The fourth-order valence-corrected chi connectivity index (χ4v) is 3.10. The third kappa shape index (κ3) is 3.25. The van der Waals surface area contributed by atoms with Crippen LogP contribution in [0.4, 0.5) is 0 Å². The predicted octanol–water partition coefficient (Wildman–Crippen LogP) is 2.11. The third-order valence-electron chi connectivity index (χ3n) is 4.42. The maximum Gasteiger partial charge on any atom is 0.228 e. The summed E-state index contributed by atoms with van der Waals surface area (Å²) in [6.45, 7) is 4.53. The molecule has 1 amide bonds. The van der Waals surface area contributed by atoms with E-state index in [1.165, 1.54) is 0 Å². The van der Waals surface area contributed by atoms with Crippen molar-refractivity contribution in [2.75, 3.05) is 26.3 Å². The van der Waals surface area contributed by atoms with Crippen molar-refractivity contribution < 1.29 is 9.53 Å². The number of hydrogen-bond donors (Lipinski definition) is 0. The summed E-state index contributed by atoms with van der Waals surface area (Å²) in [7, 11) is 0. The van der Waals surface area contributed by atoms with E-state index in [1.807, 2.05) is 54.3 Å². The molecule has 1 aliphatic heterocycles. The van der Waals surface area contributed by atoms with Crippen LogP contribution >= 0.6 is 0 Å². The van der Waals surface area contributed by atoms with Crippen LogP contribution in [0.15, 0.2) is 42.5 Å². The van der Waals surface area contributed by atoms with Crippen LogP contribution in [-0.2, 0) is 16.0 Å². The largest absolute Gasteiger partial charge is 0.378 e. The lowest BCUT2D eigenvalue weighted by molar-refractivity contribution is -0.134. The molecular weight excluding hydrogens is 316 g/mol. The molecule has 1 fully saturated rings. The van der Waals surface area contributed by atoms with E-state index in [0.717, 1.165) is 28.3 Å². The van der Waals surface area contributed by atoms with Crippen LogP contribution in [0.5, 0.6) is 0 Å². The number of rotatable bonds is 3. The van der Waals surface area contributed by atoms with Crippen LogP contribution in [0.1, 0.15) is 11.4 Å². The van der Waals surface area contributed by atoms with Crippen molar-refractivity contribution in [1.82, 2.24) is 19.5 Å². The van der Waals surface area contributed by atoms with E-state index in [-0.39, 0.29) is 5.91 Å². The van der Waals surface area contributed by atoms with Crippen molar-refractivity contribution in [3.63, 3.8) is 0 Å². The SMILES string of the molecule is Cc1cc(-c2ccccc2)nc2cc(CC(=O)N3CCOCC3)nn12.